The molecule has 7 nitrogen and oxygen atoms in total. The lowest BCUT2D eigenvalue weighted by Crippen LogP contribution is -2.53. The Hall–Kier alpha value is -2.29. The van der Waals surface area contributed by atoms with Crippen LogP contribution in [-0.2, 0) is 31.6 Å². The molecule has 2 amide bonds. The normalized spacial score (nSPS) is 25.0. The van der Waals surface area contributed by atoms with Crippen LogP contribution in [0.4, 0.5) is 5.69 Å². The Kier molecular flexibility index (Phi) is 9.41. The van der Waals surface area contributed by atoms with Crippen molar-refractivity contribution >= 4 is 50.7 Å². The summed E-state index contributed by atoms with van der Waals surface area (Å²) in [5.41, 5.74) is 2.60. The van der Waals surface area contributed by atoms with Crippen LogP contribution in [0.25, 0.3) is 0 Å². The lowest BCUT2D eigenvalue weighted by molar-refractivity contribution is -0.140. The molecule has 4 saturated carbocycles. The number of anilines is 1. The Morgan fingerprint density at radius 2 is 1.53 bits per heavy atom. The predicted octanol–water partition coefficient (Wildman–Crippen LogP) is 6.56. The molecule has 4 aliphatic rings. The maximum Gasteiger partial charge on any atom is 0.244 e. The van der Waals surface area contributed by atoms with Crippen LogP contribution < -0.4 is 9.62 Å². The first kappa shape index (κ1) is 32.1. The highest BCUT2D eigenvalue weighted by atomic mass is 35.5. The summed E-state index contributed by atoms with van der Waals surface area (Å²) in [6.07, 6.45) is 9.17. The van der Waals surface area contributed by atoms with Crippen molar-refractivity contribution in [1.29, 1.82) is 0 Å². The van der Waals surface area contributed by atoms with E-state index in [1.54, 1.807) is 18.2 Å². The van der Waals surface area contributed by atoms with Gasteiger partial charge in [0.2, 0.25) is 21.8 Å². The number of benzene rings is 2. The molecular formula is C33H43Cl2N3O4S. The second-order valence-corrected chi connectivity index (χ2v) is 16.1. The molecule has 6 rings (SSSR count). The summed E-state index contributed by atoms with van der Waals surface area (Å²) in [5, 5.41) is 3.62. The average molecular weight is 649 g/mol. The number of hydrogen-bond donors (Lipinski definition) is 1. The molecule has 4 aliphatic carbocycles. The molecule has 0 heterocycles. The highest BCUT2D eigenvalue weighted by molar-refractivity contribution is 7.92. The summed E-state index contributed by atoms with van der Waals surface area (Å²) in [7, 11) is -3.81. The molecule has 0 aromatic heterocycles. The van der Waals surface area contributed by atoms with Gasteiger partial charge in [0, 0.05) is 12.6 Å². The van der Waals surface area contributed by atoms with Gasteiger partial charge in [-0.05, 0) is 117 Å². The van der Waals surface area contributed by atoms with E-state index in [1.807, 2.05) is 32.9 Å². The lowest BCUT2D eigenvalue weighted by Gasteiger charge is -2.57. The molecule has 1 atom stereocenters. The summed E-state index contributed by atoms with van der Waals surface area (Å²) in [4.78, 5) is 28.7. The first-order valence-corrected chi connectivity index (χ1v) is 18.0. The molecule has 43 heavy (non-hydrogen) atoms. The van der Waals surface area contributed by atoms with E-state index < -0.39 is 28.5 Å². The summed E-state index contributed by atoms with van der Waals surface area (Å²) in [6.45, 7) is 5.18. The monoisotopic (exact) mass is 647 g/mol. The van der Waals surface area contributed by atoms with E-state index >= 15 is 0 Å². The van der Waals surface area contributed by atoms with Gasteiger partial charge >= 0.3 is 0 Å². The minimum absolute atomic E-state index is 0.0717. The molecule has 2 aromatic rings. The quantitative estimate of drug-likeness (QED) is 0.299. The standard InChI is InChI=1S/C33H43Cl2N3O4S/c1-5-30(32(40)36-21(2)3)37(19-22-6-11-28(34)29(35)15-22)31(39)20-38(43(4,41)42)27-9-7-26(8-10-27)33-16-23-12-24(17-33)14-25(13-23)18-33/h6-11,15,21,23-25,30H,5,12-14,16-20H2,1-4H3,(H,36,40). The van der Waals surface area contributed by atoms with E-state index in [4.69, 9.17) is 23.2 Å². The van der Waals surface area contributed by atoms with Gasteiger partial charge in [0.1, 0.15) is 12.6 Å². The van der Waals surface area contributed by atoms with Crippen molar-refractivity contribution < 1.29 is 18.0 Å². The van der Waals surface area contributed by atoms with Crippen LogP contribution >= 0.6 is 23.2 Å². The first-order valence-electron chi connectivity index (χ1n) is 15.4. The van der Waals surface area contributed by atoms with E-state index in [0.29, 0.717) is 27.7 Å². The van der Waals surface area contributed by atoms with E-state index in [-0.39, 0.29) is 23.9 Å². The fourth-order valence-corrected chi connectivity index (χ4v) is 9.36. The molecule has 0 radical (unpaired) electrons. The third-order valence-electron chi connectivity index (χ3n) is 9.64. The molecule has 1 N–H and O–H groups in total. The molecule has 10 heteroatoms. The van der Waals surface area contributed by atoms with Crippen LogP contribution in [0.1, 0.15) is 76.8 Å². The van der Waals surface area contributed by atoms with Gasteiger partial charge in [0.15, 0.2) is 0 Å². The Morgan fingerprint density at radius 3 is 2.02 bits per heavy atom. The highest BCUT2D eigenvalue weighted by Gasteiger charge is 2.51. The van der Waals surface area contributed by atoms with Crippen molar-refractivity contribution in [3.8, 4) is 0 Å². The number of hydrogen-bond acceptors (Lipinski definition) is 4. The maximum atomic E-state index is 14.0. The second-order valence-electron chi connectivity index (χ2n) is 13.4. The van der Waals surface area contributed by atoms with Gasteiger partial charge in [-0.25, -0.2) is 8.42 Å². The minimum Gasteiger partial charge on any atom is -0.352 e. The van der Waals surface area contributed by atoms with Crippen molar-refractivity contribution in [2.75, 3.05) is 17.1 Å². The number of rotatable bonds is 11. The van der Waals surface area contributed by atoms with Gasteiger partial charge in [-0.15, -0.1) is 0 Å². The molecule has 1 unspecified atom stereocenters. The van der Waals surface area contributed by atoms with Crippen molar-refractivity contribution in [3.05, 3.63) is 63.6 Å². The lowest BCUT2D eigenvalue weighted by atomic mass is 9.48. The first-order chi connectivity index (χ1) is 20.3. The van der Waals surface area contributed by atoms with Crippen LogP contribution in [0.5, 0.6) is 0 Å². The summed E-state index contributed by atoms with van der Waals surface area (Å²) in [5.74, 6) is 1.63. The number of nitrogens with zero attached hydrogens (tertiary/aromatic N) is 2. The number of amides is 2. The zero-order valence-corrected chi connectivity index (χ0v) is 27.8. The Bertz CT molecular complexity index is 1430. The topological polar surface area (TPSA) is 86.8 Å². The van der Waals surface area contributed by atoms with E-state index in [1.165, 1.54) is 49.0 Å². The molecule has 4 bridgehead atoms. The average Bonchev–Trinajstić information content (AvgIpc) is 2.92. The van der Waals surface area contributed by atoms with Gasteiger partial charge < -0.3 is 10.2 Å². The fourth-order valence-electron chi connectivity index (χ4n) is 8.19. The van der Waals surface area contributed by atoms with Gasteiger partial charge in [0.25, 0.3) is 0 Å². The Balaban J connectivity index is 1.41. The van der Waals surface area contributed by atoms with Crippen LogP contribution in [0.15, 0.2) is 42.5 Å². The maximum absolute atomic E-state index is 14.0. The van der Waals surface area contributed by atoms with E-state index in [0.717, 1.165) is 28.3 Å². The van der Waals surface area contributed by atoms with Crippen LogP contribution in [0.3, 0.4) is 0 Å². The second kappa shape index (κ2) is 12.6. The number of carbonyl (C=O) groups is 2. The summed E-state index contributed by atoms with van der Waals surface area (Å²) >= 11 is 12.4. The number of carbonyl (C=O) groups excluding carboxylic acids is 2. The zero-order chi connectivity index (χ0) is 31.1. The Labute approximate surface area is 266 Å². The number of sulfonamides is 1. The van der Waals surface area contributed by atoms with Crippen LogP contribution in [0.2, 0.25) is 10.0 Å². The smallest absolute Gasteiger partial charge is 0.244 e. The fraction of sp³-hybridized carbons (Fsp3) is 0.576. The van der Waals surface area contributed by atoms with Crippen LogP contribution in [0, 0.1) is 17.8 Å². The third kappa shape index (κ3) is 7.02. The highest BCUT2D eigenvalue weighted by Crippen LogP contribution is 2.60. The molecule has 0 aliphatic heterocycles. The molecule has 0 spiro atoms. The molecule has 4 fully saturated rings. The Morgan fingerprint density at radius 1 is 0.953 bits per heavy atom. The van der Waals surface area contributed by atoms with Gasteiger partial charge in [-0.2, -0.15) is 0 Å². The molecule has 0 saturated heterocycles. The van der Waals surface area contributed by atoms with Gasteiger partial charge in [0.05, 0.1) is 22.0 Å². The van der Waals surface area contributed by atoms with Gasteiger partial charge in [-0.1, -0.05) is 48.3 Å². The van der Waals surface area contributed by atoms with Crippen molar-refractivity contribution in [3.63, 3.8) is 0 Å². The SMILES string of the molecule is CCC(C(=O)NC(C)C)N(Cc1ccc(Cl)c(Cl)c1)C(=O)CN(c1ccc(C23CC4CC(CC(C4)C2)C3)cc1)S(C)(=O)=O. The minimum atomic E-state index is -3.81. The van der Waals surface area contributed by atoms with E-state index in [2.05, 4.69) is 17.4 Å². The van der Waals surface area contributed by atoms with E-state index in [9.17, 15) is 18.0 Å². The third-order valence-corrected chi connectivity index (χ3v) is 11.5. The predicted molar refractivity (Wildman–Crippen MR) is 173 cm³/mol. The summed E-state index contributed by atoms with van der Waals surface area (Å²) < 4.78 is 27.3. The van der Waals surface area contributed by atoms with Gasteiger partial charge in [-0.3, -0.25) is 13.9 Å². The van der Waals surface area contributed by atoms with Crippen LogP contribution in [-0.4, -0.2) is 50.0 Å². The van der Waals surface area contributed by atoms with Crippen molar-refractivity contribution in [2.24, 2.45) is 17.8 Å². The van der Waals surface area contributed by atoms with Crippen molar-refractivity contribution in [1.82, 2.24) is 10.2 Å². The largest absolute Gasteiger partial charge is 0.352 e. The number of nitrogens with one attached hydrogen (secondary N) is 1. The summed E-state index contributed by atoms with van der Waals surface area (Å²) in [6, 6.07) is 12.0. The molecule has 234 valence electrons. The zero-order valence-electron chi connectivity index (χ0n) is 25.5. The molecule has 2 aromatic carbocycles. The molecular weight excluding hydrogens is 605 g/mol. The number of halogens is 2. The van der Waals surface area contributed by atoms with Crippen molar-refractivity contribution in [2.45, 2.75) is 89.8 Å².